The maximum atomic E-state index is 11.5. The average molecular weight is 205 g/mol. The van der Waals surface area contributed by atoms with Gasteiger partial charge in [-0.15, -0.1) is 0 Å². The first-order chi connectivity index (χ1) is 7.18. The summed E-state index contributed by atoms with van der Waals surface area (Å²) in [6.07, 6.45) is 3.65. The number of rotatable bonds is 2. The van der Waals surface area contributed by atoms with E-state index < -0.39 is 0 Å². The molecule has 0 atom stereocenters. The molecule has 5 nitrogen and oxygen atoms in total. The van der Waals surface area contributed by atoms with Crippen LogP contribution in [0.3, 0.4) is 0 Å². The first-order valence-electron chi connectivity index (χ1n) is 4.51. The second-order valence-corrected chi connectivity index (χ2v) is 3.27. The van der Waals surface area contributed by atoms with E-state index in [-0.39, 0.29) is 11.2 Å². The van der Waals surface area contributed by atoms with Gasteiger partial charge < -0.3 is 10.2 Å². The predicted octanol–water partition coefficient (Wildman–Crippen LogP) is 0.546. The molecule has 0 bridgehead atoms. The third-order valence-corrected chi connectivity index (χ3v) is 2.20. The van der Waals surface area contributed by atoms with Crippen molar-refractivity contribution in [2.75, 3.05) is 5.73 Å². The highest BCUT2D eigenvalue weighted by molar-refractivity contribution is 5.44. The van der Waals surface area contributed by atoms with Crippen molar-refractivity contribution in [2.24, 2.45) is 7.05 Å². The largest absolute Gasteiger partial charge is 0.469 e. The lowest BCUT2D eigenvalue weighted by Crippen LogP contribution is -2.24. The smallest absolute Gasteiger partial charge is 0.289 e. The molecule has 15 heavy (non-hydrogen) atoms. The van der Waals surface area contributed by atoms with Gasteiger partial charge in [0.25, 0.3) is 5.56 Å². The van der Waals surface area contributed by atoms with Crippen LogP contribution in [0, 0.1) is 0 Å². The quantitative estimate of drug-likeness (QED) is 0.776. The highest BCUT2D eigenvalue weighted by Crippen LogP contribution is 2.11. The molecule has 0 fully saturated rings. The summed E-state index contributed by atoms with van der Waals surface area (Å²) in [7, 11) is 1.56. The number of aryl methyl sites for hydroxylation is 1. The molecular weight excluding hydrogens is 194 g/mol. The van der Waals surface area contributed by atoms with Crippen LogP contribution in [-0.4, -0.2) is 9.78 Å². The fourth-order valence-corrected chi connectivity index (χ4v) is 1.33. The zero-order chi connectivity index (χ0) is 10.8. The van der Waals surface area contributed by atoms with Crippen LogP contribution in [0.4, 0.5) is 5.69 Å². The molecule has 0 unspecified atom stereocenters. The van der Waals surface area contributed by atoms with Crippen LogP contribution < -0.4 is 11.3 Å². The molecule has 0 aromatic carbocycles. The summed E-state index contributed by atoms with van der Waals surface area (Å²) in [5, 5.41) is 3.90. The van der Waals surface area contributed by atoms with E-state index in [0.717, 1.165) is 5.76 Å². The first-order valence-corrected chi connectivity index (χ1v) is 4.51. The highest BCUT2D eigenvalue weighted by atomic mass is 16.3. The molecule has 78 valence electrons. The van der Waals surface area contributed by atoms with Gasteiger partial charge in [-0.1, -0.05) is 0 Å². The maximum Gasteiger partial charge on any atom is 0.289 e. The molecular formula is C10H11N3O2. The molecule has 0 radical (unpaired) electrons. The summed E-state index contributed by atoms with van der Waals surface area (Å²) in [5.74, 6) is 0.761. The Labute approximate surface area is 86.1 Å². The number of furan rings is 1. The molecule has 2 aromatic rings. The minimum atomic E-state index is -0.279. The van der Waals surface area contributed by atoms with Crippen LogP contribution in [-0.2, 0) is 13.5 Å². The van der Waals surface area contributed by atoms with E-state index in [4.69, 9.17) is 10.2 Å². The second kappa shape index (κ2) is 3.61. The van der Waals surface area contributed by atoms with Crippen LogP contribution in [0.5, 0.6) is 0 Å². The Balaban J connectivity index is 2.38. The number of nitrogens with zero attached hydrogens (tertiary/aromatic N) is 2. The van der Waals surface area contributed by atoms with E-state index in [0.29, 0.717) is 12.0 Å². The van der Waals surface area contributed by atoms with Crippen molar-refractivity contribution < 1.29 is 4.42 Å². The summed E-state index contributed by atoms with van der Waals surface area (Å²) >= 11 is 0. The van der Waals surface area contributed by atoms with E-state index in [1.165, 1.54) is 4.68 Å². The fraction of sp³-hybridized carbons (Fsp3) is 0.200. The average Bonchev–Trinajstić information content (AvgIpc) is 2.72. The van der Waals surface area contributed by atoms with Gasteiger partial charge in [-0.25, -0.2) is 4.68 Å². The molecule has 0 aliphatic heterocycles. The van der Waals surface area contributed by atoms with Crippen LogP contribution in [0.15, 0.2) is 33.8 Å². The van der Waals surface area contributed by atoms with Crippen LogP contribution in [0.25, 0.3) is 0 Å². The first kappa shape index (κ1) is 9.51. The molecule has 0 spiro atoms. The van der Waals surface area contributed by atoms with Gasteiger partial charge in [-0.2, -0.15) is 5.10 Å². The van der Waals surface area contributed by atoms with Crippen molar-refractivity contribution >= 4 is 5.69 Å². The molecule has 0 amide bonds. The van der Waals surface area contributed by atoms with Crippen LogP contribution >= 0.6 is 0 Å². The predicted molar refractivity (Wildman–Crippen MR) is 55.4 cm³/mol. The molecule has 2 heterocycles. The molecule has 0 saturated heterocycles. The van der Waals surface area contributed by atoms with Gasteiger partial charge >= 0.3 is 0 Å². The lowest BCUT2D eigenvalue weighted by molar-refractivity contribution is 0.520. The van der Waals surface area contributed by atoms with Gasteiger partial charge in [-0.3, -0.25) is 4.79 Å². The molecule has 5 heteroatoms. The Bertz CT molecular complexity index is 514. The number of anilines is 1. The summed E-state index contributed by atoms with van der Waals surface area (Å²) in [5.41, 5.74) is 6.32. The van der Waals surface area contributed by atoms with Crippen molar-refractivity contribution in [3.8, 4) is 0 Å². The van der Waals surface area contributed by atoms with Crippen LogP contribution in [0.2, 0.25) is 0 Å². The Morgan fingerprint density at radius 2 is 2.40 bits per heavy atom. The van der Waals surface area contributed by atoms with Crippen molar-refractivity contribution in [3.05, 3.63) is 46.3 Å². The Hall–Kier alpha value is -2.04. The summed E-state index contributed by atoms with van der Waals surface area (Å²) in [4.78, 5) is 11.5. The third-order valence-electron chi connectivity index (χ3n) is 2.20. The minimum Gasteiger partial charge on any atom is -0.469 e. The lowest BCUT2D eigenvalue weighted by Gasteiger charge is -2.03. The molecule has 0 saturated carbocycles. The molecule has 2 aromatic heterocycles. The summed E-state index contributed by atoms with van der Waals surface area (Å²) < 4.78 is 6.38. The minimum absolute atomic E-state index is 0.226. The number of nitrogens with two attached hydrogens (primary N) is 1. The van der Waals surface area contributed by atoms with Gasteiger partial charge in [0.1, 0.15) is 11.4 Å². The van der Waals surface area contributed by atoms with Crippen molar-refractivity contribution in [1.29, 1.82) is 0 Å². The Kier molecular flexibility index (Phi) is 2.29. The van der Waals surface area contributed by atoms with E-state index in [1.54, 1.807) is 25.6 Å². The zero-order valence-corrected chi connectivity index (χ0v) is 8.30. The van der Waals surface area contributed by atoms with Gasteiger partial charge in [-0.05, 0) is 12.1 Å². The van der Waals surface area contributed by atoms with Gasteiger partial charge in [0.05, 0.1) is 12.5 Å². The van der Waals surface area contributed by atoms with Gasteiger partial charge in [0.15, 0.2) is 0 Å². The van der Waals surface area contributed by atoms with Gasteiger partial charge in [0.2, 0.25) is 0 Å². The standard InChI is InChI=1S/C10H11N3O2/c1-13-10(14)9(11)7(6-12-13)5-8-3-2-4-15-8/h2-4,6H,5,11H2,1H3. The number of hydrogen-bond acceptors (Lipinski definition) is 4. The topological polar surface area (TPSA) is 74.1 Å². The number of aromatic nitrogens is 2. The molecule has 2 N–H and O–H groups in total. The van der Waals surface area contributed by atoms with Crippen LogP contribution in [0.1, 0.15) is 11.3 Å². The Morgan fingerprint density at radius 1 is 1.60 bits per heavy atom. The fourth-order valence-electron chi connectivity index (χ4n) is 1.33. The SMILES string of the molecule is Cn1ncc(Cc2ccco2)c(N)c1=O. The van der Waals surface area contributed by atoms with E-state index >= 15 is 0 Å². The zero-order valence-electron chi connectivity index (χ0n) is 8.30. The Morgan fingerprint density at radius 3 is 3.07 bits per heavy atom. The van der Waals surface area contributed by atoms with Crippen molar-refractivity contribution in [1.82, 2.24) is 9.78 Å². The molecule has 2 rings (SSSR count). The van der Waals surface area contributed by atoms with E-state index in [9.17, 15) is 4.79 Å². The number of hydrogen-bond donors (Lipinski definition) is 1. The maximum absolute atomic E-state index is 11.5. The van der Waals surface area contributed by atoms with Crippen molar-refractivity contribution in [3.63, 3.8) is 0 Å². The normalized spacial score (nSPS) is 10.5. The van der Waals surface area contributed by atoms with Crippen molar-refractivity contribution in [2.45, 2.75) is 6.42 Å². The number of nitrogen functional groups attached to an aromatic ring is 1. The second-order valence-electron chi connectivity index (χ2n) is 3.27. The van der Waals surface area contributed by atoms with E-state index in [2.05, 4.69) is 5.10 Å². The molecule has 0 aliphatic rings. The highest BCUT2D eigenvalue weighted by Gasteiger charge is 2.07. The monoisotopic (exact) mass is 205 g/mol. The third kappa shape index (κ3) is 1.76. The van der Waals surface area contributed by atoms with E-state index in [1.807, 2.05) is 6.07 Å². The van der Waals surface area contributed by atoms with Gasteiger partial charge in [0, 0.05) is 19.0 Å². The molecule has 0 aliphatic carbocycles. The lowest BCUT2D eigenvalue weighted by atomic mass is 10.1. The summed E-state index contributed by atoms with van der Waals surface area (Å²) in [6.45, 7) is 0. The summed E-state index contributed by atoms with van der Waals surface area (Å²) in [6, 6.07) is 3.62.